The molecular weight excluding hydrogens is 188 g/mol. The van der Waals surface area contributed by atoms with Gasteiger partial charge in [0, 0.05) is 27.2 Å². The van der Waals surface area contributed by atoms with Gasteiger partial charge >= 0.3 is 6.03 Å². The molecule has 0 radical (unpaired) electrons. The fraction of sp³-hybridized carbons (Fsp3) is 0.917. The number of carbonyl (C=O) groups excluding carboxylic acids is 1. The SMILES string of the molecule is CN(C)C(=O)N1CCC2CCCCC2C1. The monoisotopic (exact) mass is 210 g/mol. The van der Waals surface area contributed by atoms with Crippen molar-refractivity contribution >= 4 is 6.03 Å². The van der Waals surface area contributed by atoms with Gasteiger partial charge in [-0.05, 0) is 24.7 Å². The second-order valence-electron chi connectivity index (χ2n) is 5.22. The summed E-state index contributed by atoms with van der Waals surface area (Å²) in [4.78, 5) is 15.6. The predicted molar refractivity (Wildman–Crippen MR) is 60.7 cm³/mol. The molecule has 2 amide bonds. The van der Waals surface area contributed by atoms with E-state index in [1.807, 2.05) is 19.0 Å². The van der Waals surface area contributed by atoms with Crippen molar-refractivity contribution in [2.75, 3.05) is 27.2 Å². The zero-order chi connectivity index (χ0) is 10.8. The summed E-state index contributed by atoms with van der Waals surface area (Å²) in [6.07, 6.45) is 6.73. The first-order valence-electron chi connectivity index (χ1n) is 6.14. The Morgan fingerprint density at radius 2 is 1.80 bits per heavy atom. The van der Waals surface area contributed by atoms with Crippen LogP contribution in [-0.2, 0) is 0 Å². The molecule has 86 valence electrons. The molecule has 0 aromatic heterocycles. The van der Waals surface area contributed by atoms with Crippen molar-refractivity contribution in [3.8, 4) is 0 Å². The Hall–Kier alpha value is -0.730. The summed E-state index contributed by atoms with van der Waals surface area (Å²) >= 11 is 0. The Labute approximate surface area is 92.4 Å². The first-order chi connectivity index (χ1) is 7.18. The molecule has 3 heteroatoms. The van der Waals surface area contributed by atoms with Gasteiger partial charge in [-0.2, -0.15) is 0 Å². The molecule has 0 aromatic rings. The number of amides is 2. The summed E-state index contributed by atoms with van der Waals surface area (Å²) in [5, 5.41) is 0. The molecule has 2 atom stereocenters. The number of piperidine rings is 1. The van der Waals surface area contributed by atoms with Gasteiger partial charge in [-0.15, -0.1) is 0 Å². The van der Waals surface area contributed by atoms with Crippen molar-refractivity contribution in [2.45, 2.75) is 32.1 Å². The average molecular weight is 210 g/mol. The van der Waals surface area contributed by atoms with E-state index in [2.05, 4.69) is 0 Å². The van der Waals surface area contributed by atoms with Crippen LogP contribution < -0.4 is 0 Å². The third kappa shape index (κ3) is 2.27. The molecule has 0 aromatic carbocycles. The molecule has 2 rings (SSSR count). The molecule has 3 nitrogen and oxygen atoms in total. The summed E-state index contributed by atoms with van der Waals surface area (Å²) in [7, 11) is 3.69. The van der Waals surface area contributed by atoms with E-state index in [0.717, 1.165) is 24.9 Å². The van der Waals surface area contributed by atoms with Crippen LogP contribution in [0.5, 0.6) is 0 Å². The van der Waals surface area contributed by atoms with Gasteiger partial charge in [0.25, 0.3) is 0 Å². The number of urea groups is 1. The molecule has 0 spiro atoms. The minimum Gasteiger partial charge on any atom is -0.331 e. The number of fused-ring (bicyclic) bond motifs is 1. The Morgan fingerprint density at radius 3 is 2.47 bits per heavy atom. The molecule has 2 unspecified atom stereocenters. The Kier molecular flexibility index (Phi) is 3.17. The van der Waals surface area contributed by atoms with E-state index in [0.29, 0.717) is 0 Å². The van der Waals surface area contributed by atoms with Crippen LogP contribution in [0.3, 0.4) is 0 Å². The zero-order valence-corrected chi connectivity index (χ0v) is 9.91. The Morgan fingerprint density at radius 1 is 1.13 bits per heavy atom. The molecule has 0 bridgehead atoms. The fourth-order valence-electron chi connectivity index (χ4n) is 3.06. The van der Waals surface area contributed by atoms with Crippen LogP contribution in [0.15, 0.2) is 0 Å². The van der Waals surface area contributed by atoms with Crippen LogP contribution in [-0.4, -0.2) is 43.0 Å². The highest BCUT2D eigenvalue weighted by atomic mass is 16.2. The lowest BCUT2D eigenvalue weighted by atomic mass is 9.75. The van der Waals surface area contributed by atoms with Crippen LogP contribution in [0.4, 0.5) is 4.79 Å². The Bertz CT molecular complexity index is 240. The predicted octanol–water partition coefficient (Wildman–Crippen LogP) is 2.18. The van der Waals surface area contributed by atoms with Crippen molar-refractivity contribution in [1.29, 1.82) is 0 Å². The molecular formula is C12H22N2O. The first-order valence-corrected chi connectivity index (χ1v) is 6.14. The lowest BCUT2D eigenvalue weighted by Gasteiger charge is -2.41. The fourth-order valence-corrected chi connectivity index (χ4v) is 3.06. The maximum Gasteiger partial charge on any atom is 0.319 e. The van der Waals surface area contributed by atoms with Gasteiger partial charge in [0.2, 0.25) is 0 Å². The van der Waals surface area contributed by atoms with Gasteiger partial charge in [-0.25, -0.2) is 4.79 Å². The molecule has 15 heavy (non-hydrogen) atoms. The summed E-state index contributed by atoms with van der Waals surface area (Å²) in [6.45, 7) is 1.97. The van der Waals surface area contributed by atoms with Gasteiger partial charge in [0.1, 0.15) is 0 Å². The van der Waals surface area contributed by atoms with Gasteiger partial charge in [0.15, 0.2) is 0 Å². The minimum atomic E-state index is 0.194. The van der Waals surface area contributed by atoms with Crippen LogP contribution in [0.1, 0.15) is 32.1 Å². The molecule has 1 aliphatic carbocycles. The van der Waals surface area contributed by atoms with Gasteiger partial charge in [-0.1, -0.05) is 19.3 Å². The highest BCUT2D eigenvalue weighted by Crippen LogP contribution is 2.36. The van der Waals surface area contributed by atoms with E-state index in [9.17, 15) is 4.79 Å². The van der Waals surface area contributed by atoms with E-state index in [1.54, 1.807) is 4.90 Å². The summed E-state index contributed by atoms with van der Waals surface area (Å²) < 4.78 is 0. The molecule has 1 saturated carbocycles. The van der Waals surface area contributed by atoms with Crippen molar-refractivity contribution in [3.05, 3.63) is 0 Å². The normalized spacial score (nSPS) is 30.9. The highest BCUT2D eigenvalue weighted by Gasteiger charge is 2.33. The van der Waals surface area contributed by atoms with E-state index < -0.39 is 0 Å². The molecule has 2 aliphatic rings. The van der Waals surface area contributed by atoms with E-state index in [1.165, 1.54) is 32.1 Å². The van der Waals surface area contributed by atoms with Gasteiger partial charge in [0.05, 0.1) is 0 Å². The number of carbonyl (C=O) groups is 1. The number of nitrogens with zero attached hydrogens (tertiary/aromatic N) is 2. The quantitative estimate of drug-likeness (QED) is 0.601. The van der Waals surface area contributed by atoms with E-state index in [-0.39, 0.29) is 6.03 Å². The van der Waals surface area contributed by atoms with Crippen molar-refractivity contribution < 1.29 is 4.79 Å². The Balaban J connectivity index is 1.93. The first kappa shape index (κ1) is 10.8. The molecule has 1 saturated heterocycles. The minimum absolute atomic E-state index is 0.194. The third-order valence-corrected chi connectivity index (χ3v) is 3.94. The van der Waals surface area contributed by atoms with Gasteiger partial charge in [-0.3, -0.25) is 0 Å². The summed E-state index contributed by atoms with van der Waals surface area (Å²) in [6, 6.07) is 0.194. The van der Waals surface area contributed by atoms with Crippen LogP contribution in [0.25, 0.3) is 0 Å². The third-order valence-electron chi connectivity index (χ3n) is 3.94. The highest BCUT2D eigenvalue weighted by molar-refractivity contribution is 5.73. The molecule has 1 heterocycles. The smallest absolute Gasteiger partial charge is 0.319 e. The van der Waals surface area contributed by atoms with Gasteiger partial charge < -0.3 is 9.80 Å². The summed E-state index contributed by atoms with van der Waals surface area (Å²) in [5.41, 5.74) is 0. The van der Waals surface area contributed by atoms with Crippen molar-refractivity contribution in [2.24, 2.45) is 11.8 Å². The second-order valence-corrected chi connectivity index (χ2v) is 5.22. The zero-order valence-electron chi connectivity index (χ0n) is 9.91. The standard InChI is InChI=1S/C12H22N2O/c1-13(2)12(15)14-8-7-10-5-3-4-6-11(10)9-14/h10-11H,3-9H2,1-2H3. The topological polar surface area (TPSA) is 23.6 Å². The van der Waals surface area contributed by atoms with Crippen LogP contribution in [0, 0.1) is 11.8 Å². The van der Waals surface area contributed by atoms with Crippen LogP contribution >= 0.6 is 0 Å². The van der Waals surface area contributed by atoms with Crippen LogP contribution in [0.2, 0.25) is 0 Å². The largest absolute Gasteiger partial charge is 0.331 e. The maximum absolute atomic E-state index is 11.8. The molecule has 0 N–H and O–H groups in total. The number of rotatable bonds is 0. The summed E-state index contributed by atoms with van der Waals surface area (Å²) in [5.74, 6) is 1.70. The number of likely N-dealkylation sites (tertiary alicyclic amines) is 1. The van der Waals surface area contributed by atoms with Crippen molar-refractivity contribution in [1.82, 2.24) is 9.80 Å². The van der Waals surface area contributed by atoms with E-state index in [4.69, 9.17) is 0 Å². The lowest BCUT2D eigenvalue weighted by molar-refractivity contribution is 0.0907. The second kappa shape index (κ2) is 4.42. The maximum atomic E-state index is 11.8. The number of hydrogen-bond donors (Lipinski definition) is 0. The molecule has 1 aliphatic heterocycles. The number of hydrogen-bond acceptors (Lipinski definition) is 1. The van der Waals surface area contributed by atoms with Crippen molar-refractivity contribution in [3.63, 3.8) is 0 Å². The van der Waals surface area contributed by atoms with E-state index >= 15 is 0 Å². The average Bonchev–Trinajstić information content (AvgIpc) is 2.27. The molecule has 2 fully saturated rings. The lowest BCUT2D eigenvalue weighted by Crippen LogP contribution is -2.48.